The second-order valence-corrected chi connectivity index (χ2v) is 6.79. The molecule has 5 heteroatoms. The van der Waals surface area contributed by atoms with Crippen molar-refractivity contribution in [1.29, 1.82) is 0 Å². The summed E-state index contributed by atoms with van der Waals surface area (Å²) in [6.07, 6.45) is 6.99. The number of hydrogen-bond donors (Lipinski definition) is 1. The summed E-state index contributed by atoms with van der Waals surface area (Å²) in [5.41, 5.74) is 2.21. The van der Waals surface area contributed by atoms with Crippen molar-refractivity contribution >= 4 is 17.1 Å². The minimum atomic E-state index is 0.0640. The minimum absolute atomic E-state index is 0.0640. The molecule has 0 bridgehead atoms. The van der Waals surface area contributed by atoms with Gasteiger partial charge in [0.15, 0.2) is 0 Å². The van der Waals surface area contributed by atoms with Gasteiger partial charge in [-0.2, -0.15) is 0 Å². The Labute approximate surface area is 144 Å². The van der Waals surface area contributed by atoms with Crippen molar-refractivity contribution in [3.63, 3.8) is 0 Å². The number of carbonyl (C=O) groups excluding carboxylic acids is 1. The third kappa shape index (κ3) is 3.71. The Morgan fingerprint density at radius 3 is 2.83 bits per heavy atom. The first-order valence-electron chi connectivity index (χ1n) is 9.09. The summed E-state index contributed by atoms with van der Waals surface area (Å²) in [4.78, 5) is 18.8. The van der Waals surface area contributed by atoms with Crippen molar-refractivity contribution in [2.75, 3.05) is 13.6 Å². The number of rotatable bonds is 5. The molecule has 1 N–H and O–H groups in total. The average molecular weight is 328 g/mol. The van der Waals surface area contributed by atoms with Crippen LogP contribution in [0.25, 0.3) is 11.0 Å². The van der Waals surface area contributed by atoms with Gasteiger partial charge in [-0.25, -0.2) is 9.78 Å². The molecule has 1 aliphatic carbocycles. The van der Waals surface area contributed by atoms with Crippen molar-refractivity contribution in [2.45, 2.75) is 58.0 Å². The minimum Gasteiger partial charge on any atom is -0.338 e. The van der Waals surface area contributed by atoms with Crippen LogP contribution in [-0.4, -0.2) is 40.1 Å². The lowest BCUT2D eigenvalue weighted by atomic mass is 9.95. The first kappa shape index (κ1) is 16.8. The predicted octanol–water partition coefficient (Wildman–Crippen LogP) is 3.71. The summed E-state index contributed by atoms with van der Waals surface area (Å²) >= 11 is 0. The Morgan fingerprint density at radius 2 is 2.04 bits per heavy atom. The molecule has 1 saturated carbocycles. The highest BCUT2D eigenvalue weighted by atomic mass is 16.2. The molecule has 1 aliphatic rings. The zero-order valence-corrected chi connectivity index (χ0v) is 14.8. The number of para-hydroxylation sites is 2. The molecule has 0 atom stereocenters. The van der Waals surface area contributed by atoms with Gasteiger partial charge in [-0.05, 0) is 38.3 Å². The van der Waals surface area contributed by atoms with E-state index >= 15 is 0 Å². The van der Waals surface area contributed by atoms with E-state index < -0.39 is 0 Å². The van der Waals surface area contributed by atoms with E-state index in [1.165, 1.54) is 24.8 Å². The molecule has 1 aromatic heterocycles. The summed E-state index contributed by atoms with van der Waals surface area (Å²) in [6.45, 7) is 3.61. The number of imidazole rings is 1. The standard InChI is InChI=1S/C19H28N4O/c1-15-21-17-11-6-7-12-18(17)23(15)14-8-13-20-19(24)22(2)16-9-4-3-5-10-16/h6-7,11-12,16H,3-5,8-10,13-14H2,1-2H3,(H,20,24). The van der Waals surface area contributed by atoms with Gasteiger partial charge in [-0.1, -0.05) is 31.4 Å². The van der Waals surface area contributed by atoms with Crippen LogP contribution in [-0.2, 0) is 6.54 Å². The van der Waals surface area contributed by atoms with E-state index in [2.05, 4.69) is 20.9 Å². The van der Waals surface area contributed by atoms with Gasteiger partial charge < -0.3 is 14.8 Å². The number of aromatic nitrogens is 2. The second kappa shape index (κ2) is 7.69. The zero-order chi connectivity index (χ0) is 16.9. The fourth-order valence-electron chi connectivity index (χ4n) is 3.67. The van der Waals surface area contributed by atoms with Crippen molar-refractivity contribution < 1.29 is 4.79 Å². The smallest absolute Gasteiger partial charge is 0.317 e. The van der Waals surface area contributed by atoms with Crippen LogP contribution >= 0.6 is 0 Å². The molecule has 0 radical (unpaired) electrons. The number of fused-ring (bicyclic) bond motifs is 1. The van der Waals surface area contributed by atoms with Crippen LogP contribution in [0.1, 0.15) is 44.3 Å². The molecular formula is C19H28N4O. The molecule has 2 amide bonds. The third-order valence-electron chi connectivity index (χ3n) is 5.12. The number of nitrogens with one attached hydrogen (secondary N) is 1. The second-order valence-electron chi connectivity index (χ2n) is 6.79. The Hall–Kier alpha value is -2.04. The highest BCUT2D eigenvalue weighted by Crippen LogP contribution is 2.21. The first-order valence-corrected chi connectivity index (χ1v) is 9.09. The lowest BCUT2D eigenvalue weighted by molar-refractivity contribution is 0.173. The fourth-order valence-corrected chi connectivity index (χ4v) is 3.67. The largest absolute Gasteiger partial charge is 0.338 e. The Balaban J connectivity index is 1.47. The maximum absolute atomic E-state index is 12.3. The molecule has 5 nitrogen and oxygen atoms in total. The van der Waals surface area contributed by atoms with Crippen LogP contribution in [0.15, 0.2) is 24.3 Å². The van der Waals surface area contributed by atoms with E-state index in [1.54, 1.807) is 0 Å². The molecule has 1 heterocycles. The molecule has 24 heavy (non-hydrogen) atoms. The average Bonchev–Trinajstić information content (AvgIpc) is 2.94. The topological polar surface area (TPSA) is 50.2 Å². The monoisotopic (exact) mass is 328 g/mol. The molecular weight excluding hydrogens is 300 g/mol. The molecule has 0 saturated heterocycles. The predicted molar refractivity (Wildman–Crippen MR) is 97.1 cm³/mol. The van der Waals surface area contributed by atoms with Crippen LogP contribution in [0, 0.1) is 6.92 Å². The lowest BCUT2D eigenvalue weighted by Crippen LogP contribution is -2.44. The van der Waals surface area contributed by atoms with E-state index in [0.717, 1.165) is 37.1 Å². The van der Waals surface area contributed by atoms with E-state index in [0.29, 0.717) is 12.6 Å². The molecule has 0 spiro atoms. The molecule has 0 aliphatic heterocycles. The number of nitrogens with zero attached hydrogens (tertiary/aromatic N) is 3. The number of benzene rings is 1. The zero-order valence-electron chi connectivity index (χ0n) is 14.8. The van der Waals surface area contributed by atoms with Crippen LogP contribution in [0.3, 0.4) is 0 Å². The van der Waals surface area contributed by atoms with Crippen molar-refractivity contribution in [2.24, 2.45) is 0 Å². The third-order valence-corrected chi connectivity index (χ3v) is 5.12. The van der Waals surface area contributed by atoms with Gasteiger partial charge in [0.1, 0.15) is 5.82 Å². The summed E-state index contributed by atoms with van der Waals surface area (Å²) in [7, 11) is 1.93. The molecule has 3 rings (SSSR count). The lowest BCUT2D eigenvalue weighted by Gasteiger charge is -2.31. The SMILES string of the molecule is Cc1nc2ccccc2n1CCCNC(=O)N(C)C1CCCCC1. The summed E-state index contributed by atoms with van der Waals surface area (Å²) in [5, 5.41) is 3.06. The molecule has 1 aromatic carbocycles. The highest BCUT2D eigenvalue weighted by molar-refractivity contribution is 5.76. The molecule has 1 fully saturated rings. The van der Waals surface area contributed by atoms with Gasteiger partial charge >= 0.3 is 6.03 Å². The van der Waals surface area contributed by atoms with Crippen molar-refractivity contribution in [3.8, 4) is 0 Å². The van der Waals surface area contributed by atoms with E-state index in [1.807, 2.05) is 37.1 Å². The number of carbonyl (C=O) groups is 1. The van der Waals surface area contributed by atoms with Gasteiger partial charge in [0.2, 0.25) is 0 Å². The molecule has 0 unspecified atom stereocenters. The van der Waals surface area contributed by atoms with Gasteiger partial charge in [0, 0.05) is 26.2 Å². The number of urea groups is 1. The van der Waals surface area contributed by atoms with E-state index in [4.69, 9.17) is 0 Å². The number of hydrogen-bond acceptors (Lipinski definition) is 2. The number of amides is 2. The van der Waals surface area contributed by atoms with E-state index in [-0.39, 0.29) is 6.03 Å². The molecule has 2 aromatic rings. The number of aryl methyl sites for hydroxylation is 2. The highest BCUT2D eigenvalue weighted by Gasteiger charge is 2.21. The van der Waals surface area contributed by atoms with Crippen LogP contribution in [0.2, 0.25) is 0 Å². The van der Waals surface area contributed by atoms with Gasteiger partial charge in [0.25, 0.3) is 0 Å². The van der Waals surface area contributed by atoms with Gasteiger partial charge in [-0.3, -0.25) is 0 Å². The van der Waals surface area contributed by atoms with Crippen molar-refractivity contribution in [3.05, 3.63) is 30.1 Å². The van der Waals surface area contributed by atoms with Crippen LogP contribution in [0.4, 0.5) is 4.79 Å². The van der Waals surface area contributed by atoms with Gasteiger partial charge in [-0.15, -0.1) is 0 Å². The first-order chi connectivity index (χ1) is 11.7. The van der Waals surface area contributed by atoms with Gasteiger partial charge in [0.05, 0.1) is 11.0 Å². The maximum atomic E-state index is 12.3. The van der Waals surface area contributed by atoms with Crippen LogP contribution < -0.4 is 5.32 Å². The Bertz CT molecular complexity index is 688. The Morgan fingerprint density at radius 1 is 1.29 bits per heavy atom. The summed E-state index contributed by atoms with van der Waals surface area (Å²) in [6, 6.07) is 8.68. The maximum Gasteiger partial charge on any atom is 0.317 e. The van der Waals surface area contributed by atoms with Crippen LogP contribution in [0.5, 0.6) is 0 Å². The molecule has 130 valence electrons. The van der Waals surface area contributed by atoms with E-state index in [9.17, 15) is 4.79 Å². The van der Waals surface area contributed by atoms with Crippen molar-refractivity contribution in [1.82, 2.24) is 19.8 Å². The fraction of sp³-hybridized carbons (Fsp3) is 0.579. The summed E-state index contributed by atoms with van der Waals surface area (Å²) in [5.74, 6) is 1.03. The Kier molecular flexibility index (Phi) is 5.38. The quantitative estimate of drug-likeness (QED) is 0.851. The normalized spacial score (nSPS) is 15.6. The summed E-state index contributed by atoms with van der Waals surface area (Å²) < 4.78 is 2.23.